The molecule has 1 aromatic carbocycles. The van der Waals surface area contributed by atoms with Crippen LogP contribution in [0.15, 0.2) is 30.5 Å². The van der Waals surface area contributed by atoms with E-state index in [1.165, 1.54) is 0 Å². The highest BCUT2D eigenvalue weighted by Gasteiger charge is 2.33. The molecular weight excluding hydrogens is 328 g/mol. The highest BCUT2D eigenvalue weighted by atomic mass is 32.1. The second-order valence-corrected chi connectivity index (χ2v) is 6.98. The van der Waals surface area contributed by atoms with Crippen molar-refractivity contribution in [2.45, 2.75) is 19.1 Å². The van der Waals surface area contributed by atoms with Crippen molar-refractivity contribution in [3.8, 4) is 16.3 Å². The van der Waals surface area contributed by atoms with Crippen LogP contribution in [0.3, 0.4) is 0 Å². The van der Waals surface area contributed by atoms with Crippen LogP contribution in [0.2, 0.25) is 0 Å². The summed E-state index contributed by atoms with van der Waals surface area (Å²) >= 11 is 1.58. The molecule has 3 rings (SSSR count). The van der Waals surface area contributed by atoms with Gasteiger partial charge in [0.15, 0.2) is 0 Å². The van der Waals surface area contributed by atoms with Gasteiger partial charge in [-0.2, -0.15) is 0 Å². The highest BCUT2D eigenvalue weighted by molar-refractivity contribution is 7.15. The molecule has 2 N–H and O–H groups in total. The van der Waals surface area contributed by atoms with Gasteiger partial charge in [0.2, 0.25) is 0 Å². The topological polar surface area (TPSA) is 82.9 Å². The van der Waals surface area contributed by atoms with Gasteiger partial charge in [0.25, 0.3) is 0 Å². The quantitative estimate of drug-likeness (QED) is 0.861. The Morgan fingerprint density at radius 1 is 1.46 bits per heavy atom. The van der Waals surface area contributed by atoms with Crippen LogP contribution in [-0.2, 0) is 11.3 Å². The van der Waals surface area contributed by atoms with Gasteiger partial charge in [-0.15, -0.1) is 11.3 Å². The Bertz CT molecular complexity index is 718. The fraction of sp³-hybridized carbons (Fsp3) is 0.412. The summed E-state index contributed by atoms with van der Waals surface area (Å²) in [6, 6.07) is 7.74. The third-order valence-electron chi connectivity index (χ3n) is 4.25. The smallest absolute Gasteiger partial charge is 0.310 e. The number of likely N-dealkylation sites (tertiary alicyclic amines) is 1. The fourth-order valence-electron chi connectivity index (χ4n) is 2.94. The van der Waals surface area contributed by atoms with E-state index < -0.39 is 18.0 Å². The molecule has 0 saturated carbocycles. The number of thiazole rings is 1. The molecule has 0 unspecified atom stereocenters. The Balaban J connectivity index is 1.71. The molecule has 1 fully saturated rings. The molecule has 6 nitrogen and oxygen atoms in total. The lowest BCUT2D eigenvalue weighted by Crippen LogP contribution is -2.46. The first-order valence-corrected chi connectivity index (χ1v) is 8.61. The number of piperidine rings is 1. The molecule has 1 aromatic heterocycles. The number of carboxylic acid groups (broad SMARTS) is 1. The molecule has 1 aliphatic rings. The van der Waals surface area contributed by atoms with Crippen LogP contribution in [0.25, 0.3) is 10.6 Å². The number of aliphatic carboxylic acids is 1. The molecule has 7 heteroatoms. The van der Waals surface area contributed by atoms with E-state index in [2.05, 4.69) is 9.88 Å². The van der Waals surface area contributed by atoms with E-state index >= 15 is 0 Å². The number of aliphatic hydroxyl groups excluding tert-OH is 1. The number of aliphatic hydroxyl groups is 1. The van der Waals surface area contributed by atoms with Gasteiger partial charge in [0, 0.05) is 30.7 Å². The van der Waals surface area contributed by atoms with Gasteiger partial charge < -0.3 is 14.9 Å². The lowest BCUT2D eigenvalue weighted by molar-refractivity contribution is -0.149. The van der Waals surface area contributed by atoms with Crippen molar-refractivity contribution in [3.05, 3.63) is 35.3 Å². The molecule has 1 saturated heterocycles. The maximum absolute atomic E-state index is 11.2. The van der Waals surface area contributed by atoms with Gasteiger partial charge in [0.05, 0.1) is 24.7 Å². The lowest BCUT2D eigenvalue weighted by Gasteiger charge is -2.33. The van der Waals surface area contributed by atoms with Crippen molar-refractivity contribution >= 4 is 17.3 Å². The van der Waals surface area contributed by atoms with E-state index in [1.54, 1.807) is 18.4 Å². The molecule has 0 spiro atoms. The van der Waals surface area contributed by atoms with Crippen molar-refractivity contribution in [3.63, 3.8) is 0 Å². The number of carbonyl (C=O) groups is 1. The number of hydrogen-bond donors (Lipinski definition) is 2. The number of para-hydroxylation sites is 1. The standard InChI is InChI=1S/C17H20N2O4S/c1-23-15-5-3-2-4-12(15)16-18-8-11(24-16)9-19-7-6-14(20)13(10-19)17(21)22/h2-5,8,13-14,20H,6-7,9-10H2,1H3,(H,21,22)/t13-,14-/m1/s1. The molecular formula is C17H20N2O4S. The number of nitrogens with zero attached hydrogens (tertiary/aromatic N) is 2. The van der Waals surface area contributed by atoms with E-state index in [0.717, 1.165) is 21.2 Å². The summed E-state index contributed by atoms with van der Waals surface area (Å²) in [6.45, 7) is 1.69. The number of carboxylic acids is 1. The minimum Gasteiger partial charge on any atom is -0.496 e. The molecule has 0 bridgehead atoms. The predicted octanol–water partition coefficient (Wildman–Crippen LogP) is 2.09. The second-order valence-electron chi connectivity index (χ2n) is 5.87. The summed E-state index contributed by atoms with van der Waals surface area (Å²) in [5, 5.41) is 19.9. The van der Waals surface area contributed by atoms with Crippen molar-refractivity contribution < 1.29 is 19.7 Å². The Morgan fingerprint density at radius 2 is 2.25 bits per heavy atom. The average molecular weight is 348 g/mol. The Hall–Kier alpha value is -1.96. The van der Waals surface area contributed by atoms with E-state index in [1.807, 2.05) is 30.5 Å². The van der Waals surface area contributed by atoms with Gasteiger partial charge in [-0.25, -0.2) is 4.98 Å². The molecule has 0 amide bonds. The first-order valence-electron chi connectivity index (χ1n) is 7.80. The zero-order chi connectivity index (χ0) is 17.1. The summed E-state index contributed by atoms with van der Waals surface area (Å²) in [5.41, 5.74) is 0.953. The minimum absolute atomic E-state index is 0.360. The van der Waals surface area contributed by atoms with Crippen LogP contribution in [0.4, 0.5) is 0 Å². The maximum Gasteiger partial charge on any atom is 0.310 e. The van der Waals surface area contributed by atoms with Crippen molar-refractivity contribution in [2.75, 3.05) is 20.2 Å². The van der Waals surface area contributed by atoms with Crippen LogP contribution < -0.4 is 4.74 Å². The van der Waals surface area contributed by atoms with Gasteiger partial charge in [0.1, 0.15) is 10.8 Å². The molecule has 2 aromatic rings. The number of rotatable bonds is 5. The Kier molecular flexibility index (Phi) is 5.13. The zero-order valence-corrected chi connectivity index (χ0v) is 14.2. The zero-order valence-electron chi connectivity index (χ0n) is 13.4. The first kappa shape index (κ1) is 16.9. The summed E-state index contributed by atoms with van der Waals surface area (Å²) in [6.07, 6.45) is 1.55. The first-order chi connectivity index (χ1) is 11.6. The van der Waals surface area contributed by atoms with Crippen LogP contribution in [0.5, 0.6) is 5.75 Å². The summed E-state index contributed by atoms with van der Waals surface area (Å²) in [5.74, 6) is -0.878. The van der Waals surface area contributed by atoms with Crippen molar-refractivity contribution in [1.82, 2.24) is 9.88 Å². The Labute approximate surface area is 144 Å². The van der Waals surface area contributed by atoms with Crippen LogP contribution >= 0.6 is 11.3 Å². The number of ether oxygens (including phenoxy) is 1. The largest absolute Gasteiger partial charge is 0.496 e. The van der Waals surface area contributed by atoms with Gasteiger partial charge in [-0.1, -0.05) is 12.1 Å². The Morgan fingerprint density at radius 3 is 3.00 bits per heavy atom. The number of methoxy groups -OCH3 is 1. The normalized spacial score (nSPS) is 21.6. The van der Waals surface area contributed by atoms with Gasteiger partial charge in [-0.3, -0.25) is 9.69 Å². The van der Waals surface area contributed by atoms with Gasteiger partial charge >= 0.3 is 5.97 Å². The number of aromatic nitrogens is 1. The highest BCUT2D eigenvalue weighted by Crippen LogP contribution is 2.33. The molecule has 2 atom stereocenters. The molecule has 128 valence electrons. The maximum atomic E-state index is 11.2. The van der Waals surface area contributed by atoms with E-state index in [4.69, 9.17) is 4.74 Å². The SMILES string of the molecule is COc1ccccc1-c1ncc(CN2CC[C@@H](O)[C@H](C(=O)O)C2)s1. The molecule has 24 heavy (non-hydrogen) atoms. The van der Waals surface area contributed by atoms with Crippen LogP contribution in [-0.4, -0.2) is 52.4 Å². The van der Waals surface area contributed by atoms with Crippen molar-refractivity contribution in [1.29, 1.82) is 0 Å². The van der Waals surface area contributed by atoms with E-state index in [0.29, 0.717) is 26.1 Å². The summed E-state index contributed by atoms with van der Waals surface area (Å²) in [4.78, 5) is 18.8. The molecule has 0 radical (unpaired) electrons. The summed E-state index contributed by atoms with van der Waals surface area (Å²) in [7, 11) is 1.64. The lowest BCUT2D eigenvalue weighted by atomic mass is 9.95. The number of hydrogen-bond acceptors (Lipinski definition) is 6. The van der Waals surface area contributed by atoms with Crippen molar-refractivity contribution in [2.24, 2.45) is 5.92 Å². The van der Waals surface area contributed by atoms with E-state index in [-0.39, 0.29) is 0 Å². The van der Waals surface area contributed by atoms with Gasteiger partial charge in [-0.05, 0) is 18.6 Å². The molecule has 0 aliphatic carbocycles. The van der Waals surface area contributed by atoms with E-state index in [9.17, 15) is 15.0 Å². The molecule has 2 heterocycles. The third kappa shape index (κ3) is 3.58. The monoisotopic (exact) mass is 348 g/mol. The van der Waals surface area contributed by atoms with Crippen LogP contribution in [0.1, 0.15) is 11.3 Å². The van der Waals surface area contributed by atoms with Crippen LogP contribution in [0, 0.1) is 5.92 Å². The third-order valence-corrected chi connectivity index (χ3v) is 5.26. The molecule has 1 aliphatic heterocycles. The summed E-state index contributed by atoms with van der Waals surface area (Å²) < 4.78 is 5.37. The average Bonchev–Trinajstić information content (AvgIpc) is 3.04. The predicted molar refractivity (Wildman–Crippen MR) is 91.1 cm³/mol. The number of benzene rings is 1. The second kappa shape index (κ2) is 7.29. The minimum atomic E-state index is -0.939. The fourth-order valence-corrected chi connectivity index (χ4v) is 3.93.